The zero-order chi connectivity index (χ0) is 20.2. The highest BCUT2D eigenvalue weighted by Crippen LogP contribution is 2.27. The van der Waals surface area contributed by atoms with Gasteiger partial charge in [-0.25, -0.2) is 0 Å². The molecule has 6 heteroatoms. The van der Waals surface area contributed by atoms with Gasteiger partial charge in [0.2, 0.25) is 11.8 Å². The van der Waals surface area contributed by atoms with Crippen LogP contribution in [-0.2, 0) is 9.59 Å². The average Bonchev–Trinajstić information content (AvgIpc) is 3.28. The minimum absolute atomic E-state index is 0.0160. The van der Waals surface area contributed by atoms with Crippen LogP contribution in [0.25, 0.3) is 0 Å². The van der Waals surface area contributed by atoms with Crippen molar-refractivity contribution >= 4 is 17.5 Å². The van der Waals surface area contributed by atoms with Crippen LogP contribution in [0.15, 0.2) is 24.3 Å². The summed E-state index contributed by atoms with van der Waals surface area (Å²) >= 11 is 0. The molecule has 1 aromatic carbocycles. The van der Waals surface area contributed by atoms with Gasteiger partial charge in [0.25, 0.3) is 0 Å². The second-order valence-corrected chi connectivity index (χ2v) is 8.88. The Bertz CT molecular complexity index is 714. The second kappa shape index (κ2) is 9.26. The second-order valence-electron chi connectivity index (χ2n) is 8.88. The summed E-state index contributed by atoms with van der Waals surface area (Å²) in [6, 6.07) is 8.22. The van der Waals surface area contributed by atoms with E-state index >= 15 is 0 Å². The fraction of sp³-hybridized carbons (Fsp3) is 0.652. The maximum absolute atomic E-state index is 13.3. The fourth-order valence-electron chi connectivity index (χ4n) is 5.00. The average molecular weight is 399 g/mol. The number of benzene rings is 1. The number of nitrogens with zero attached hydrogens (tertiary/aromatic N) is 2. The van der Waals surface area contributed by atoms with Crippen LogP contribution < -0.4 is 15.5 Å². The first kappa shape index (κ1) is 20.4. The van der Waals surface area contributed by atoms with E-state index in [1.165, 1.54) is 5.56 Å². The molecule has 3 fully saturated rings. The first-order valence-electron chi connectivity index (χ1n) is 11.2. The van der Waals surface area contributed by atoms with E-state index in [2.05, 4.69) is 46.7 Å². The van der Waals surface area contributed by atoms with E-state index in [0.29, 0.717) is 5.92 Å². The Balaban J connectivity index is 1.34. The molecule has 2 amide bonds. The van der Waals surface area contributed by atoms with E-state index in [0.717, 1.165) is 76.9 Å². The Labute approximate surface area is 174 Å². The van der Waals surface area contributed by atoms with Gasteiger partial charge in [-0.15, -0.1) is 0 Å². The maximum Gasteiger partial charge on any atom is 0.244 e. The monoisotopic (exact) mass is 398 g/mol. The molecule has 4 rings (SSSR count). The molecule has 0 radical (unpaired) electrons. The molecule has 3 saturated heterocycles. The predicted molar refractivity (Wildman–Crippen MR) is 115 cm³/mol. The summed E-state index contributed by atoms with van der Waals surface area (Å²) < 4.78 is 0. The Kier molecular flexibility index (Phi) is 6.50. The van der Waals surface area contributed by atoms with Crippen LogP contribution >= 0.6 is 0 Å². The topological polar surface area (TPSA) is 64.7 Å². The van der Waals surface area contributed by atoms with Crippen molar-refractivity contribution in [1.82, 2.24) is 15.5 Å². The zero-order valence-electron chi connectivity index (χ0n) is 17.5. The number of carbonyl (C=O) groups excluding carboxylic acids is 2. The van der Waals surface area contributed by atoms with Crippen LogP contribution in [0.4, 0.5) is 5.69 Å². The van der Waals surface area contributed by atoms with Gasteiger partial charge in [-0.3, -0.25) is 14.5 Å². The third-order valence-electron chi connectivity index (χ3n) is 6.69. The Morgan fingerprint density at radius 2 is 1.90 bits per heavy atom. The normalized spacial score (nSPS) is 28.5. The van der Waals surface area contributed by atoms with E-state index in [-0.39, 0.29) is 23.9 Å². The molecule has 3 heterocycles. The number of piperidine rings is 2. The molecule has 3 atom stereocenters. The van der Waals surface area contributed by atoms with Gasteiger partial charge in [-0.2, -0.15) is 0 Å². The summed E-state index contributed by atoms with van der Waals surface area (Å²) in [5, 5.41) is 6.41. The standard InChI is InChI=1S/C23H34N4O2/c1-17-8-10-19(11-9-17)27-14-4-7-21(23(27)29)26-13-3-5-18(16-26)15-25-22(28)20-6-2-12-24-20/h8-11,18,20-21,24H,2-7,12-16H2,1H3,(H,25,28). The molecule has 3 aliphatic heterocycles. The lowest BCUT2D eigenvalue weighted by Gasteiger charge is -2.42. The zero-order valence-corrected chi connectivity index (χ0v) is 17.5. The molecule has 1 aromatic rings. The van der Waals surface area contributed by atoms with Crippen molar-refractivity contribution in [1.29, 1.82) is 0 Å². The Morgan fingerprint density at radius 1 is 1.10 bits per heavy atom. The van der Waals surface area contributed by atoms with Gasteiger partial charge in [-0.1, -0.05) is 17.7 Å². The van der Waals surface area contributed by atoms with Gasteiger partial charge in [-0.05, 0) is 76.6 Å². The number of aryl methyl sites for hydroxylation is 1. The molecule has 0 aliphatic carbocycles. The number of anilines is 1. The highest BCUT2D eigenvalue weighted by molar-refractivity contribution is 5.98. The van der Waals surface area contributed by atoms with Crippen molar-refractivity contribution in [2.24, 2.45) is 5.92 Å². The minimum Gasteiger partial charge on any atom is -0.354 e. The van der Waals surface area contributed by atoms with E-state index in [4.69, 9.17) is 0 Å². The van der Waals surface area contributed by atoms with Crippen LogP contribution in [0.1, 0.15) is 44.1 Å². The third kappa shape index (κ3) is 4.81. The lowest BCUT2D eigenvalue weighted by atomic mass is 9.93. The molecule has 3 aliphatic rings. The molecular formula is C23H34N4O2. The van der Waals surface area contributed by atoms with Crippen molar-refractivity contribution in [2.75, 3.05) is 37.6 Å². The van der Waals surface area contributed by atoms with E-state index in [1.807, 2.05) is 4.90 Å². The smallest absolute Gasteiger partial charge is 0.244 e. The van der Waals surface area contributed by atoms with Gasteiger partial charge in [0, 0.05) is 25.3 Å². The van der Waals surface area contributed by atoms with Gasteiger partial charge >= 0.3 is 0 Å². The molecule has 0 aromatic heterocycles. The maximum atomic E-state index is 13.3. The Hall–Kier alpha value is -1.92. The molecule has 0 spiro atoms. The van der Waals surface area contributed by atoms with Crippen LogP contribution in [0.2, 0.25) is 0 Å². The number of likely N-dealkylation sites (tertiary alicyclic amines) is 1. The first-order chi connectivity index (χ1) is 14.1. The van der Waals surface area contributed by atoms with Gasteiger partial charge in [0.05, 0.1) is 12.1 Å². The number of hydrogen-bond acceptors (Lipinski definition) is 4. The van der Waals surface area contributed by atoms with Gasteiger partial charge in [0.1, 0.15) is 0 Å². The lowest BCUT2D eigenvalue weighted by Crippen LogP contribution is -2.56. The summed E-state index contributed by atoms with van der Waals surface area (Å²) in [4.78, 5) is 29.9. The molecule has 0 saturated carbocycles. The van der Waals surface area contributed by atoms with E-state index < -0.39 is 0 Å². The molecule has 2 N–H and O–H groups in total. The van der Waals surface area contributed by atoms with Crippen LogP contribution in [-0.4, -0.2) is 61.5 Å². The lowest BCUT2D eigenvalue weighted by molar-refractivity contribution is -0.127. The highest BCUT2D eigenvalue weighted by atomic mass is 16.2. The molecule has 6 nitrogen and oxygen atoms in total. The molecule has 158 valence electrons. The van der Waals surface area contributed by atoms with Crippen molar-refractivity contribution in [2.45, 2.75) is 57.5 Å². The van der Waals surface area contributed by atoms with Gasteiger partial charge < -0.3 is 15.5 Å². The fourth-order valence-corrected chi connectivity index (χ4v) is 5.00. The van der Waals surface area contributed by atoms with E-state index in [1.54, 1.807) is 0 Å². The molecule has 29 heavy (non-hydrogen) atoms. The first-order valence-corrected chi connectivity index (χ1v) is 11.2. The van der Waals surface area contributed by atoms with E-state index in [9.17, 15) is 9.59 Å². The van der Waals surface area contributed by atoms with Crippen molar-refractivity contribution in [3.05, 3.63) is 29.8 Å². The summed E-state index contributed by atoms with van der Waals surface area (Å²) in [7, 11) is 0. The largest absolute Gasteiger partial charge is 0.354 e. The predicted octanol–water partition coefficient (Wildman–Crippen LogP) is 2.07. The number of rotatable bonds is 5. The number of hydrogen-bond donors (Lipinski definition) is 2. The van der Waals surface area contributed by atoms with Crippen molar-refractivity contribution in [3.8, 4) is 0 Å². The number of nitrogens with one attached hydrogen (secondary N) is 2. The van der Waals surface area contributed by atoms with Crippen LogP contribution in [0.3, 0.4) is 0 Å². The molecular weight excluding hydrogens is 364 g/mol. The van der Waals surface area contributed by atoms with Gasteiger partial charge in [0.15, 0.2) is 0 Å². The summed E-state index contributed by atoms with van der Waals surface area (Å²) in [6.45, 7) is 6.41. The van der Waals surface area contributed by atoms with Crippen LogP contribution in [0, 0.1) is 12.8 Å². The third-order valence-corrected chi connectivity index (χ3v) is 6.69. The quantitative estimate of drug-likeness (QED) is 0.797. The molecule has 0 bridgehead atoms. The SMILES string of the molecule is Cc1ccc(N2CCCC(N3CCCC(CNC(=O)C4CCCN4)C3)C2=O)cc1. The van der Waals surface area contributed by atoms with Crippen molar-refractivity contribution < 1.29 is 9.59 Å². The van der Waals surface area contributed by atoms with Crippen LogP contribution in [0.5, 0.6) is 0 Å². The summed E-state index contributed by atoms with van der Waals surface area (Å²) in [5.74, 6) is 0.801. The highest BCUT2D eigenvalue weighted by Gasteiger charge is 2.36. The molecule has 3 unspecified atom stereocenters. The van der Waals surface area contributed by atoms with Crippen molar-refractivity contribution in [3.63, 3.8) is 0 Å². The Morgan fingerprint density at radius 3 is 2.66 bits per heavy atom. The minimum atomic E-state index is -0.0277. The summed E-state index contributed by atoms with van der Waals surface area (Å²) in [5.41, 5.74) is 2.22. The summed E-state index contributed by atoms with van der Waals surface area (Å²) in [6.07, 6.45) is 6.21. The number of amides is 2. The number of carbonyl (C=O) groups is 2.